The number of urea groups is 1. The molecule has 2 aromatic heterocycles. The zero-order valence-electron chi connectivity index (χ0n) is 15.5. The monoisotopic (exact) mass is 432 g/mol. The van der Waals surface area contributed by atoms with Gasteiger partial charge in [-0.3, -0.25) is 5.32 Å². The van der Waals surface area contributed by atoms with Gasteiger partial charge in [0.1, 0.15) is 5.56 Å². The van der Waals surface area contributed by atoms with Crippen LogP contribution in [-0.4, -0.2) is 61.0 Å². The molecule has 0 aromatic carbocycles. The first kappa shape index (κ1) is 21.8. The van der Waals surface area contributed by atoms with E-state index < -0.39 is 39.4 Å². The summed E-state index contributed by atoms with van der Waals surface area (Å²) >= 11 is 0. The average Bonchev–Trinajstić information content (AvgIpc) is 3.12. The predicted octanol–water partition coefficient (Wildman–Crippen LogP) is 0.304. The number of hydrogen-bond acceptors (Lipinski definition) is 10. The predicted molar refractivity (Wildman–Crippen MR) is 93.8 cm³/mol. The lowest BCUT2D eigenvalue weighted by molar-refractivity contribution is 0.0521. The van der Waals surface area contributed by atoms with Crippen LogP contribution in [0.1, 0.15) is 17.3 Å². The normalized spacial score (nSPS) is 10.9. The van der Waals surface area contributed by atoms with Gasteiger partial charge in [-0.15, -0.1) is 0 Å². The lowest BCUT2D eigenvalue weighted by Gasteiger charge is -2.11. The number of anilines is 1. The van der Waals surface area contributed by atoms with Crippen LogP contribution in [0, 0.1) is 0 Å². The molecule has 0 fully saturated rings. The van der Waals surface area contributed by atoms with Gasteiger partial charge in [0, 0.05) is 0 Å². The van der Waals surface area contributed by atoms with Gasteiger partial charge in [-0.05, 0) is 6.92 Å². The molecule has 158 valence electrons. The number of sulfonamides is 1. The second kappa shape index (κ2) is 9.13. The molecule has 15 heteroatoms. The van der Waals surface area contributed by atoms with E-state index in [1.165, 1.54) is 27.2 Å². The Bertz CT molecular complexity index is 988. The molecule has 0 bridgehead atoms. The molecule has 2 amide bonds. The molecule has 2 aromatic rings. The minimum Gasteiger partial charge on any atom is -0.481 e. The number of rotatable bonds is 8. The fourth-order valence-corrected chi connectivity index (χ4v) is 3.25. The summed E-state index contributed by atoms with van der Waals surface area (Å²) in [7, 11) is -2.10. The summed E-state index contributed by atoms with van der Waals surface area (Å²) in [6.07, 6.45) is 0.820. The minimum absolute atomic E-state index is 0.0371. The van der Waals surface area contributed by atoms with E-state index in [0.29, 0.717) is 4.68 Å². The number of ether oxygens (including phenoxy) is 3. The molecule has 0 atom stereocenters. The molecule has 0 aliphatic heterocycles. The molecule has 0 spiro atoms. The molecule has 2 N–H and O–H groups in total. The van der Waals surface area contributed by atoms with Crippen LogP contribution in [0.15, 0.2) is 17.3 Å². The number of carbonyl (C=O) groups excluding carboxylic acids is 2. The van der Waals surface area contributed by atoms with Gasteiger partial charge in [-0.25, -0.2) is 23.4 Å². The van der Waals surface area contributed by atoms with Crippen LogP contribution in [0.2, 0.25) is 0 Å². The number of esters is 1. The Hall–Kier alpha value is -3.49. The molecule has 2 rings (SSSR count). The van der Waals surface area contributed by atoms with Crippen molar-refractivity contribution >= 4 is 28.0 Å². The van der Waals surface area contributed by atoms with Crippen molar-refractivity contribution in [3.8, 4) is 11.8 Å². The molecule has 13 nitrogen and oxygen atoms in total. The van der Waals surface area contributed by atoms with Crippen LogP contribution < -0.4 is 19.5 Å². The molecular formula is C14H17FN6O7S. The molecule has 0 aliphatic rings. The first-order valence-electron chi connectivity index (χ1n) is 7.85. The molecule has 0 saturated carbocycles. The Kier molecular flexibility index (Phi) is 6.87. The van der Waals surface area contributed by atoms with Crippen molar-refractivity contribution in [1.82, 2.24) is 24.5 Å². The Balaban J connectivity index is 2.29. The lowest BCUT2D eigenvalue weighted by atomic mass is 10.4. The fourth-order valence-electron chi connectivity index (χ4n) is 2.06. The van der Waals surface area contributed by atoms with Crippen molar-refractivity contribution in [1.29, 1.82) is 0 Å². The van der Waals surface area contributed by atoms with Crippen LogP contribution in [0.4, 0.5) is 15.1 Å². The van der Waals surface area contributed by atoms with Gasteiger partial charge in [0.2, 0.25) is 17.7 Å². The van der Waals surface area contributed by atoms with Gasteiger partial charge < -0.3 is 14.2 Å². The van der Waals surface area contributed by atoms with Crippen molar-refractivity contribution in [2.75, 3.05) is 26.1 Å². The van der Waals surface area contributed by atoms with E-state index in [0.717, 1.165) is 6.20 Å². The first-order chi connectivity index (χ1) is 13.7. The molecule has 0 radical (unpaired) electrons. The number of amides is 2. The van der Waals surface area contributed by atoms with E-state index >= 15 is 0 Å². The topological polar surface area (TPSA) is 164 Å². The SMILES string of the molecule is CCOC(=O)c1cnn(CF)c1S(=O)(=O)NC(=O)Nc1nc(OC)cc(OC)n1. The van der Waals surface area contributed by atoms with Gasteiger partial charge in [0.05, 0.1) is 33.1 Å². The highest BCUT2D eigenvalue weighted by Crippen LogP contribution is 2.19. The van der Waals surface area contributed by atoms with Gasteiger partial charge in [-0.2, -0.15) is 23.5 Å². The molecule has 0 saturated heterocycles. The van der Waals surface area contributed by atoms with Crippen molar-refractivity contribution in [3.05, 3.63) is 17.8 Å². The summed E-state index contributed by atoms with van der Waals surface area (Å²) in [5.74, 6) is -1.31. The highest BCUT2D eigenvalue weighted by Gasteiger charge is 2.31. The molecule has 29 heavy (non-hydrogen) atoms. The van der Waals surface area contributed by atoms with Crippen LogP contribution in [-0.2, 0) is 21.6 Å². The van der Waals surface area contributed by atoms with Gasteiger partial charge >= 0.3 is 12.0 Å². The maximum atomic E-state index is 13.1. The Morgan fingerprint density at radius 2 is 1.83 bits per heavy atom. The maximum absolute atomic E-state index is 13.1. The molecular weight excluding hydrogens is 415 g/mol. The second-order valence-electron chi connectivity index (χ2n) is 5.04. The molecule has 0 unspecified atom stereocenters. The number of methoxy groups -OCH3 is 2. The summed E-state index contributed by atoms with van der Waals surface area (Å²) in [5, 5.41) is 4.67. The highest BCUT2D eigenvalue weighted by atomic mass is 32.2. The summed E-state index contributed by atoms with van der Waals surface area (Å²) in [6, 6.07) is 0.0346. The first-order valence-corrected chi connectivity index (χ1v) is 9.33. The minimum atomic E-state index is -4.72. The zero-order chi connectivity index (χ0) is 21.6. The second-order valence-corrected chi connectivity index (χ2v) is 6.64. The van der Waals surface area contributed by atoms with Crippen molar-refractivity contribution in [2.45, 2.75) is 18.7 Å². The van der Waals surface area contributed by atoms with Gasteiger partial charge in [0.15, 0.2) is 11.8 Å². The molecule has 2 heterocycles. The Morgan fingerprint density at radius 1 is 1.21 bits per heavy atom. The summed E-state index contributed by atoms with van der Waals surface area (Å²) < 4.78 is 54.8. The van der Waals surface area contributed by atoms with Gasteiger partial charge in [0.25, 0.3) is 10.0 Å². The third-order valence-corrected chi connectivity index (χ3v) is 4.60. The van der Waals surface area contributed by atoms with Crippen LogP contribution in [0.5, 0.6) is 11.8 Å². The average molecular weight is 432 g/mol. The number of carbonyl (C=O) groups is 2. The number of halogens is 1. The van der Waals surface area contributed by atoms with Crippen LogP contribution in [0.25, 0.3) is 0 Å². The highest BCUT2D eigenvalue weighted by molar-refractivity contribution is 7.90. The fraction of sp³-hybridized carbons (Fsp3) is 0.357. The van der Waals surface area contributed by atoms with E-state index in [-0.39, 0.29) is 24.3 Å². The Labute approximate surface area is 164 Å². The third kappa shape index (κ3) is 5.07. The van der Waals surface area contributed by atoms with Crippen LogP contribution in [0.3, 0.4) is 0 Å². The van der Waals surface area contributed by atoms with E-state index in [9.17, 15) is 22.4 Å². The third-order valence-electron chi connectivity index (χ3n) is 3.20. The largest absolute Gasteiger partial charge is 0.481 e. The van der Waals surface area contributed by atoms with E-state index in [4.69, 9.17) is 14.2 Å². The zero-order valence-corrected chi connectivity index (χ0v) is 16.3. The van der Waals surface area contributed by atoms with Crippen molar-refractivity contribution < 1.29 is 36.6 Å². The quantitative estimate of drug-likeness (QED) is 0.555. The van der Waals surface area contributed by atoms with Gasteiger partial charge in [-0.1, -0.05) is 0 Å². The number of aromatic nitrogens is 4. The lowest BCUT2D eigenvalue weighted by Crippen LogP contribution is -2.36. The van der Waals surface area contributed by atoms with Crippen molar-refractivity contribution in [3.63, 3.8) is 0 Å². The number of nitrogens with zero attached hydrogens (tertiary/aromatic N) is 4. The number of nitrogens with one attached hydrogen (secondary N) is 2. The molecule has 0 aliphatic carbocycles. The van der Waals surface area contributed by atoms with E-state index in [1.807, 2.05) is 0 Å². The van der Waals surface area contributed by atoms with Crippen LogP contribution >= 0.6 is 0 Å². The van der Waals surface area contributed by atoms with E-state index in [2.05, 4.69) is 20.4 Å². The standard InChI is InChI=1S/C14H17FN6O7S/c1-4-28-12(22)8-6-16-21(7-15)11(8)29(24,25)20-14(23)19-13-17-9(26-2)5-10(18-13)27-3/h5-6H,4,7H2,1-3H3,(H2,17,18,19,20,23). The Morgan fingerprint density at radius 3 is 2.34 bits per heavy atom. The summed E-state index contributed by atoms with van der Waals surface area (Å²) in [4.78, 5) is 31.7. The van der Waals surface area contributed by atoms with E-state index in [1.54, 1.807) is 4.72 Å². The maximum Gasteiger partial charge on any atom is 0.342 e. The summed E-state index contributed by atoms with van der Waals surface area (Å²) in [6.45, 7) is 0.0786. The number of hydrogen-bond donors (Lipinski definition) is 2. The summed E-state index contributed by atoms with van der Waals surface area (Å²) in [5.41, 5.74) is -0.538. The van der Waals surface area contributed by atoms with Crippen molar-refractivity contribution in [2.24, 2.45) is 0 Å². The smallest absolute Gasteiger partial charge is 0.342 e. The number of alkyl halides is 1.